The Hall–Kier alpha value is -2.69. The normalized spacial score (nSPS) is 18.8. The highest BCUT2D eigenvalue weighted by atomic mass is 16.4. The van der Waals surface area contributed by atoms with E-state index in [9.17, 15) is 29.1 Å². The number of hydrogen-bond donors (Lipinski definition) is 5. The summed E-state index contributed by atoms with van der Waals surface area (Å²) in [5.41, 5.74) is 10.7. The Morgan fingerprint density at radius 1 is 1.12 bits per heavy atom. The van der Waals surface area contributed by atoms with Crippen LogP contribution >= 0.6 is 0 Å². The van der Waals surface area contributed by atoms with Crippen molar-refractivity contribution < 1.29 is 34.2 Å². The summed E-state index contributed by atoms with van der Waals surface area (Å²) >= 11 is 0. The lowest BCUT2D eigenvalue weighted by atomic mass is 10.1. The van der Waals surface area contributed by atoms with Crippen LogP contribution < -0.4 is 16.8 Å². The van der Waals surface area contributed by atoms with Crippen LogP contribution in [-0.2, 0) is 24.0 Å². The zero-order chi connectivity index (χ0) is 19.9. The van der Waals surface area contributed by atoms with Crippen molar-refractivity contribution in [2.75, 3.05) is 6.54 Å². The number of carboxylic acid groups (broad SMARTS) is 2. The zero-order valence-electron chi connectivity index (χ0n) is 14.2. The minimum Gasteiger partial charge on any atom is -0.481 e. The standard InChI is InChI=1S/C15H24N4O7/c16-8(3-6-12(21)22)13(23)18-9(4-5-11(17)20)14(24)19-7-1-2-10(19)15(25)26/h8-10H,1-7,16H2,(H2,17,20)(H,18,23)(H,21,22)(H,25,26). The van der Waals surface area contributed by atoms with Gasteiger partial charge in [0.1, 0.15) is 12.1 Å². The molecule has 1 rings (SSSR count). The van der Waals surface area contributed by atoms with E-state index in [1.165, 1.54) is 0 Å². The van der Waals surface area contributed by atoms with Gasteiger partial charge in [0.25, 0.3) is 0 Å². The van der Waals surface area contributed by atoms with Crippen LogP contribution in [0.4, 0.5) is 0 Å². The van der Waals surface area contributed by atoms with Crippen LogP contribution in [0.3, 0.4) is 0 Å². The van der Waals surface area contributed by atoms with Crippen LogP contribution in [0.15, 0.2) is 0 Å². The maximum atomic E-state index is 12.7. The number of nitrogens with two attached hydrogens (primary N) is 2. The molecule has 0 spiro atoms. The molecule has 0 aliphatic carbocycles. The molecule has 7 N–H and O–H groups in total. The summed E-state index contributed by atoms with van der Waals surface area (Å²) in [4.78, 5) is 58.7. The van der Waals surface area contributed by atoms with E-state index in [1.807, 2.05) is 0 Å². The maximum Gasteiger partial charge on any atom is 0.326 e. The molecule has 3 amide bonds. The molecule has 0 aromatic rings. The Balaban J connectivity index is 2.81. The van der Waals surface area contributed by atoms with E-state index in [1.54, 1.807) is 0 Å². The second kappa shape index (κ2) is 9.70. The number of primary amides is 1. The largest absolute Gasteiger partial charge is 0.481 e. The summed E-state index contributed by atoms with van der Waals surface area (Å²) < 4.78 is 0. The molecule has 1 saturated heterocycles. The third-order valence-corrected chi connectivity index (χ3v) is 4.12. The third-order valence-electron chi connectivity index (χ3n) is 4.12. The van der Waals surface area contributed by atoms with Gasteiger partial charge in [0.15, 0.2) is 0 Å². The number of nitrogens with zero attached hydrogens (tertiary/aromatic N) is 1. The summed E-state index contributed by atoms with van der Waals surface area (Å²) in [7, 11) is 0. The second-order valence-electron chi connectivity index (χ2n) is 6.13. The molecule has 1 aliphatic heterocycles. The summed E-state index contributed by atoms with van der Waals surface area (Å²) in [5.74, 6) is -4.32. The highest BCUT2D eigenvalue weighted by Crippen LogP contribution is 2.19. The van der Waals surface area contributed by atoms with Crippen molar-refractivity contribution in [2.45, 2.75) is 56.7 Å². The number of carbonyl (C=O) groups is 5. The van der Waals surface area contributed by atoms with E-state index in [0.717, 1.165) is 4.90 Å². The third kappa shape index (κ3) is 6.31. The summed E-state index contributed by atoms with van der Waals surface area (Å²) in [6.07, 6.45) is 0.0785. The van der Waals surface area contributed by atoms with Crippen LogP contribution in [0.5, 0.6) is 0 Å². The SMILES string of the molecule is NC(=O)CCC(NC(=O)C(N)CCC(=O)O)C(=O)N1CCCC1C(=O)O. The first kappa shape index (κ1) is 21.4. The minimum absolute atomic E-state index is 0.103. The van der Waals surface area contributed by atoms with Gasteiger partial charge in [-0.2, -0.15) is 0 Å². The smallest absolute Gasteiger partial charge is 0.326 e. The summed E-state index contributed by atoms with van der Waals surface area (Å²) in [6, 6.07) is -3.30. The van der Waals surface area contributed by atoms with Crippen molar-refractivity contribution in [1.29, 1.82) is 0 Å². The molecule has 1 heterocycles. The van der Waals surface area contributed by atoms with Crippen molar-refractivity contribution in [1.82, 2.24) is 10.2 Å². The van der Waals surface area contributed by atoms with E-state index in [4.69, 9.17) is 16.6 Å². The Kier molecular flexibility index (Phi) is 7.97. The Morgan fingerprint density at radius 3 is 2.31 bits per heavy atom. The lowest BCUT2D eigenvalue weighted by Crippen LogP contribution is -2.54. The first-order chi connectivity index (χ1) is 12.1. The molecule has 0 bridgehead atoms. The molecule has 0 aromatic heterocycles. The molecule has 26 heavy (non-hydrogen) atoms. The fraction of sp³-hybridized carbons (Fsp3) is 0.667. The van der Waals surface area contributed by atoms with Crippen LogP contribution in [0.1, 0.15) is 38.5 Å². The number of nitrogens with one attached hydrogen (secondary N) is 1. The molecule has 11 nitrogen and oxygen atoms in total. The van der Waals surface area contributed by atoms with E-state index in [0.29, 0.717) is 12.8 Å². The number of amides is 3. The van der Waals surface area contributed by atoms with Crippen molar-refractivity contribution in [3.05, 3.63) is 0 Å². The highest BCUT2D eigenvalue weighted by Gasteiger charge is 2.37. The van der Waals surface area contributed by atoms with Crippen molar-refractivity contribution in [2.24, 2.45) is 11.5 Å². The van der Waals surface area contributed by atoms with Gasteiger partial charge < -0.3 is 31.9 Å². The number of carboxylic acids is 2. The van der Waals surface area contributed by atoms with E-state index in [2.05, 4.69) is 5.32 Å². The Bertz CT molecular complexity index is 580. The number of likely N-dealkylation sites (tertiary alicyclic amines) is 1. The van der Waals surface area contributed by atoms with Crippen LogP contribution in [-0.4, -0.2) is 69.4 Å². The van der Waals surface area contributed by atoms with Gasteiger partial charge in [0.05, 0.1) is 6.04 Å². The highest BCUT2D eigenvalue weighted by molar-refractivity contribution is 5.92. The van der Waals surface area contributed by atoms with Crippen molar-refractivity contribution >= 4 is 29.7 Å². The number of aliphatic carboxylic acids is 2. The fourth-order valence-electron chi connectivity index (χ4n) is 2.72. The molecule has 11 heteroatoms. The molecular weight excluding hydrogens is 348 g/mol. The molecular formula is C15H24N4O7. The predicted octanol–water partition coefficient (Wildman–Crippen LogP) is -2.00. The first-order valence-electron chi connectivity index (χ1n) is 8.22. The second-order valence-corrected chi connectivity index (χ2v) is 6.13. The molecule has 3 atom stereocenters. The van der Waals surface area contributed by atoms with Gasteiger partial charge in [-0.05, 0) is 25.7 Å². The first-order valence-corrected chi connectivity index (χ1v) is 8.22. The topological polar surface area (TPSA) is 193 Å². The molecule has 1 fully saturated rings. The maximum absolute atomic E-state index is 12.7. The Labute approximate surface area is 149 Å². The lowest BCUT2D eigenvalue weighted by molar-refractivity contribution is -0.149. The fourth-order valence-corrected chi connectivity index (χ4v) is 2.72. The van der Waals surface area contributed by atoms with Crippen LogP contribution in [0, 0.1) is 0 Å². The van der Waals surface area contributed by atoms with Gasteiger partial charge in [-0.3, -0.25) is 19.2 Å². The van der Waals surface area contributed by atoms with Gasteiger partial charge in [-0.15, -0.1) is 0 Å². The van der Waals surface area contributed by atoms with E-state index < -0.39 is 47.8 Å². The quantitative estimate of drug-likeness (QED) is 0.290. The van der Waals surface area contributed by atoms with Crippen LogP contribution in [0.25, 0.3) is 0 Å². The van der Waals surface area contributed by atoms with Crippen molar-refractivity contribution in [3.8, 4) is 0 Å². The number of hydrogen-bond acceptors (Lipinski definition) is 6. The van der Waals surface area contributed by atoms with Crippen molar-refractivity contribution in [3.63, 3.8) is 0 Å². The van der Waals surface area contributed by atoms with Gasteiger partial charge in [0.2, 0.25) is 17.7 Å². The summed E-state index contributed by atoms with van der Waals surface area (Å²) in [5, 5.41) is 20.2. The monoisotopic (exact) mass is 372 g/mol. The van der Waals surface area contributed by atoms with Gasteiger partial charge >= 0.3 is 11.9 Å². The molecule has 146 valence electrons. The van der Waals surface area contributed by atoms with Gasteiger partial charge in [-0.1, -0.05) is 0 Å². The zero-order valence-corrected chi connectivity index (χ0v) is 14.2. The van der Waals surface area contributed by atoms with Crippen LogP contribution in [0.2, 0.25) is 0 Å². The van der Waals surface area contributed by atoms with Gasteiger partial charge in [0, 0.05) is 19.4 Å². The molecule has 0 aromatic carbocycles. The number of carbonyl (C=O) groups excluding carboxylic acids is 3. The lowest BCUT2D eigenvalue weighted by Gasteiger charge is -2.28. The summed E-state index contributed by atoms with van der Waals surface area (Å²) in [6.45, 7) is 0.226. The predicted molar refractivity (Wildman–Crippen MR) is 87.6 cm³/mol. The molecule has 1 aliphatic rings. The molecule has 0 radical (unpaired) electrons. The minimum atomic E-state index is -1.16. The van der Waals surface area contributed by atoms with Gasteiger partial charge in [-0.25, -0.2) is 4.79 Å². The average molecular weight is 372 g/mol. The number of rotatable bonds is 10. The molecule has 3 unspecified atom stereocenters. The van der Waals surface area contributed by atoms with E-state index in [-0.39, 0.29) is 32.2 Å². The Morgan fingerprint density at radius 2 is 1.77 bits per heavy atom. The average Bonchev–Trinajstić information content (AvgIpc) is 3.05. The van der Waals surface area contributed by atoms with E-state index >= 15 is 0 Å². The molecule has 0 saturated carbocycles.